The third-order valence-electron chi connectivity index (χ3n) is 5.60. The first-order chi connectivity index (χ1) is 19.9. The van der Waals surface area contributed by atoms with Crippen molar-refractivity contribution < 1.29 is 47.4 Å². The van der Waals surface area contributed by atoms with Crippen molar-refractivity contribution in [2.45, 2.75) is 51.4 Å². The van der Waals surface area contributed by atoms with Gasteiger partial charge in [0.2, 0.25) is 0 Å². The van der Waals surface area contributed by atoms with Crippen molar-refractivity contribution >= 4 is 0 Å². The Bertz CT molecular complexity index is 456. The number of allylic oxidation sites excluding steroid dienone is 1. The van der Waals surface area contributed by atoms with E-state index in [0.717, 1.165) is 19.4 Å². The molecule has 10 heteroatoms. The van der Waals surface area contributed by atoms with Gasteiger partial charge in [0.05, 0.1) is 119 Å². The minimum atomic E-state index is 0.532. The van der Waals surface area contributed by atoms with E-state index in [4.69, 9.17) is 47.4 Å². The van der Waals surface area contributed by atoms with E-state index in [2.05, 4.69) is 6.58 Å². The summed E-state index contributed by atoms with van der Waals surface area (Å²) < 4.78 is 54.1. The molecule has 0 aromatic heterocycles. The first-order valence-electron chi connectivity index (χ1n) is 15.2. The molecule has 0 spiro atoms. The van der Waals surface area contributed by atoms with Crippen LogP contribution in [0.1, 0.15) is 51.4 Å². The van der Waals surface area contributed by atoms with Crippen LogP contribution in [0, 0.1) is 0 Å². The van der Waals surface area contributed by atoms with Gasteiger partial charge >= 0.3 is 0 Å². The Morgan fingerprint density at radius 3 is 0.875 bits per heavy atom. The van der Waals surface area contributed by atoms with Crippen LogP contribution in [0.2, 0.25) is 0 Å². The molecule has 0 aromatic carbocycles. The minimum Gasteiger partial charge on any atom is -0.382 e. The molecule has 0 saturated heterocycles. The molecule has 0 aromatic rings. The van der Waals surface area contributed by atoms with Gasteiger partial charge in [-0.25, -0.2) is 0 Å². The minimum absolute atomic E-state index is 0.532. The highest BCUT2D eigenvalue weighted by atomic mass is 16.6. The van der Waals surface area contributed by atoms with Gasteiger partial charge in [-0.3, -0.25) is 0 Å². The Hall–Kier alpha value is -0.660. The molecule has 0 radical (unpaired) electrons. The van der Waals surface area contributed by atoms with E-state index < -0.39 is 0 Å². The van der Waals surface area contributed by atoms with Crippen molar-refractivity contribution in [3.63, 3.8) is 0 Å². The summed E-state index contributed by atoms with van der Waals surface area (Å²) >= 11 is 0. The summed E-state index contributed by atoms with van der Waals surface area (Å²) in [6.45, 7) is 14.7. The molecule has 0 heterocycles. The Kier molecular flexibility index (Phi) is 37.7. The lowest BCUT2D eigenvalue weighted by Crippen LogP contribution is -2.15. The number of ether oxygens (including phenoxy) is 10. The van der Waals surface area contributed by atoms with Gasteiger partial charge < -0.3 is 47.4 Å². The number of hydrogen-bond acceptors (Lipinski definition) is 10. The van der Waals surface area contributed by atoms with Gasteiger partial charge in [0.25, 0.3) is 0 Å². The normalized spacial score (nSPS) is 11.4. The van der Waals surface area contributed by atoms with Gasteiger partial charge in [-0.1, -0.05) is 38.2 Å². The van der Waals surface area contributed by atoms with Crippen LogP contribution in [0.25, 0.3) is 0 Å². The van der Waals surface area contributed by atoms with Crippen LogP contribution in [0.5, 0.6) is 0 Å². The van der Waals surface area contributed by atoms with Crippen molar-refractivity contribution in [3.8, 4) is 0 Å². The molecule has 0 aliphatic rings. The Morgan fingerprint density at radius 2 is 0.575 bits per heavy atom. The van der Waals surface area contributed by atoms with E-state index in [1.165, 1.54) is 38.5 Å². The van der Waals surface area contributed by atoms with Crippen LogP contribution >= 0.6 is 0 Å². The molecule has 0 amide bonds. The van der Waals surface area contributed by atoms with Crippen LogP contribution < -0.4 is 0 Å². The Balaban J connectivity index is 3.02. The van der Waals surface area contributed by atoms with Crippen molar-refractivity contribution in [2.24, 2.45) is 0 Å². The zero-order valence-electron chi connectivity index (χ0n) is 25.5. The second-order valence-corrected chi connectivity index (χ2v) is 9.06. The smallest absolute Gasteiger partial charge is 0.0701 e. The second-order valence-electron chi connectivity index (χ2n) is 9.06. The SMILES string of the molecule is C=CCCCCCCCCCOCCOCCOCCOCCOCCOCCOCCOCCOCCOC. The average Bonchev–Trinajstić information content (AvgIpc) is 2.97. The summed E-state index contributed by atoms with van der Waals surface area (Å²) in [5.41, 5.74) is 0. The lowest BCUT2D eigenvalue weighted by Gasteiger charge is -2.09. The maximum atomic E-state index is 5.62. The highest BCUT2D eigenvalue weighted by molar-refractivity contribution is 4.65. The first kappa shape index (κ1) is 39.3. The molecular formula is C30H60O10. The molecule has 0 fully saturated rings. The van der Waals surface area contributed by atoms with Gasteiger partial charge in [-0.05, 0) is 19.3 Å². The van der Waals surface area contributed by atoms with E-state index >= 15 is 0 Å². The van der Waals surface area contributed by atoms with Gasteiger partial charge in [-0.15, -0.1) is 6.58 Å². The van der Waals surface area contributed by atoms with Crippen LogP contribution in [0.15, 0.2) is 12.7 Å². The van der Waals surface area contributed by atoms with Crippen LogP contribution in [0.4, 0.5) is 0 Å². The summed E-state index contributed by atoms with van der Waals surface area (Å²) in [4.78, 5) is 0. The zero-order valence-corrected chi connectivity index (χ0v) is 25.5. The van der Waals surface area contributed by atoms with Crippen molar-refractivity contribution in [1.29, 1.82) is 0 Å². The molecule has 0 aliphatic heterocycles. The zero-order chi connectivity index (χ0) is 28.9. The molecule has 10 nitrogen and oxygen atoms in total. The summed E-state index contributed by atoms with van der Waals surface area (Å²) in [5.74, 6) is 0. The maximum Gasteiger partial charge on any atom is 0.0701 e. The second kappa shape index (κ2) is 38.3. The van der Waals surface area contributed by atoms with E-state index in [-0.39, 0.29) is 0 Å². The third kappa shape index (κ3) is 37.3. The number of unbranched alkanes of at least 4 members (excludes halogenated alkanes) is 7. The monoisotopic (exact) mass is 580 g/mol. The van der Waals surface area contributed by atoms with Gasteiger partial charge in [0.15, 0.2) is 0 Å². The highest BCUT2D eigenvalue weighted by Gasteiger charge is 1.96. The van der Waals surface area contributed by atoms with Gasteiger partial charge in [0.1, 0.15) is 0 Å². The standard InChI is InChI=1S/C30H60O10/c1-3-4-5-6-7-8-9-10-11-12-32-15-16-34-19-20-36-23-24-38-27-28-40-30-29-39-26-25-37-22-21-35-18-17-33-14-13-31-2/h3H,1,4-30H2,2H3. The largest absolute Gasteiger partial charge is 0.382 e. The lowest BCUT2D eigenvalue weighted by molar-refractivity contribution is -0.0259. The fourth-order valence-electron chi connectivity index (χ4n) is 3.38. The predicted octanol–water partition coefficient (Wildman–Crippen LogP) is 4.09. The van der Waals surface area contributed by atoms with Gasteiger partial charge in [-0.2, -0.15) is 0 Å². The molecule has 0 atom stereocenters. The van der Waals surface area contributed by atoms with Crippen molar-refractivity contribution in [2.75, 3.05) is 133 Å². The number of hydrogen-bond donors (Lipinski definition) is 0. The molecule has 0 aliphatic carbocycles. The van der Waals surface area contributed by atoms with E-state index in [0.29, 0.717) is 119 Å². The summed E-state index contributed by atoms with van der Waals surface area (Å²) in [6, 6.07) is 0. The van der Waals surface area contributed by atoms with Crippen molar-refractivity contribution in [3.05, 3.63) is 12.7 Å². The van der Waals surface area contributed by atoms with E-state index in [1.54, 1.807) is 7.11 Å². The summed E-state index contributed by atoms with van der Waals surface area (Å²) in [5, 5.41) is 0. The molecule has 40 heavy (non-hydrogen) atoms. The summed E-state index contributed by atoms with van der Waals surface area (Å²) in [7, 11) is 1.65. The summed E-state index contributed by atoms with van der Waals surface area (Å²) in [6.07, 6.45) is 12.1. The number of rotatable bonds is 37. The Morgan fingerprint density at radius 1 is 0.325 bits per heavy atom. The molecule has 0 saturated carbocycles. The third-order valence-corrected chi connectivity index (χ3v) is 5.60. The van der Waals surface area contributed by atoms with Crippen LogP contribution in [0.3, 0.4) is 0 Å². The quantitative estimate of drug-likeness (QED) is 0.0790. The van der Waals surface area contributed by atoms with Crippen molar-refractivity contribution in [1.82, 2.24) is 0 Å². The van der Waals surface area contributed by atoms with Crippen LogP contribution in [-0.2, 0) is 47.4 Å². The Labute approximate surface area is 244 Å². The molecule has 0 bridgehead atoms. The number of methoxy groups -OCH3 is 1. The lowest BCUT2D eigenvalue weighted by atomic mass is 10.1. The fourth-order valence-corrected chi connectivity index (χ4v) is 3.38. The molecule has 0 N–H and O–H groups in total. The maximum absolute atomic E-state index is 5.62. The molecule has 0 unspecified atom stereocenters. The van der Waals surface area contributed by atoms with E-state index in [1.807, 2.05) is 6.08 Å². The fraction of sp³-hybridized carbons (Fsp3) is 0.933. The topological polar surface area (TPSA) is 92.3 Å². The molecule has 0 rings (SSSR count). The average molecular weight is 581 g/mol. The first-order valence-corrected chi connectivity index (χ1v) is 15.2. The van der Waals surface area contributed by atoms with Gasteiger partial charge in [0, 0.05) is 13.7 Å². The van der Waals surface area contributed by atoms with Crippen LogP contribution in [-0.4, -0.2) is 133 Å². The van der Waals surface area contributed by atoms with E-state index in [9.17, 15) is 0 Å². The highest BCUT2D eigenvalue weighted by Crippen LogP contribution is 2.08. The molecular weight excluding hydrogens is 520 g/mol. The predicted molar refractivity (Wildman–Crippen MR) is 156 cm³/mol. The molecule has 240 valence electrons.